The molecule has 0 bridgehead atoms. The highest BCUT2D eigenvalue weighted by Crippen LogP contribution is 2.30. The van der Waals surface area contributed by atoms with Gasteiger partial charge < -0.3 is 33.5 Å². The second kappa shape index (κ2) is 19.1. The normalized spacial score (nSPS) is 22.6. The maximum absolute atomic E-state index is 13.0. The minimum Gasteiger partial charge on any atom is -0.497 e. The number of esters is 2. The number of carbonyl (C=O) groups excluding carboxylic acids is 2. The fraction of sp³-hybridized carbons (Fsp3) is 0.528. The third kappa shape index (κ3) is 10.9. The van der Waals surface area contributed by atoms with Crippen LogP contribution in [0.25, 0.3) is 0 Å². The molecule has 11 nitrogen and oxygen atoms in total. The van der Waals surface area contributed by atoms with Crippen molar-refractivity contribution >= 4 is 23.3 Å². The van der Waals surface area contributed by atoms with Crippen molar-refractivity contribution in [3.63, 3.8) is 0 Å². The van der Waals surface area contributed by atoms with Gasteiger partial charge in [-0.05, 0) is 56.0 Å². The zero-order chi connectivity index (χ0) is 34.3. The number of ether oxygens (including phenoxy) is 6. The summed E-state index contributed by atoms with van der Waals surface area (Å²) >= 11 is 0. The largest absolute Gasteiger partial charge is 0.497 e. The summed E-state index contributed by atoms with van der Waals surface area (Å²) in [6.07, 6.45) is 3.33. The monoisotopic (exact) mass is 654 g/mol. The van der Waals surface area contributed by atoms with Crippen LogP contribution in [0.1, 0.15) is 58.1 Å². The van der Waals surface area contributed by atoms with Crippen molar-refractivity contribution in [3.05, 3.63) is 72.3 Å². The van der Waals surface area contributed by atoms with Crippen molar-refractivity contribution in [2.24, 2.45) is 16.9 Å². The Morgan fingerprint density at radius 2 is 1.68 bits per heavy atom. The van der Waals surface area contributed by atoms with Crippen molar-refractivity contribution in [2.45, 2.75) is 83.1 Å². The van der Waals surface area contributed by atoms with Crippen LogP contribution in [-0.4, -0.2) is 81.7 Å². The number of nitrogens with zero attached hydrogens (tertiary/aromatic N) is 1. The van der Waals surface area contributed by atoms with Crippen molar-refractivity contribution in [1.29, 1.82) is 0 Å². The summed E-state index contributed by atoms with van der Waals surface area (Å²) in [4.78, 5) is 25.3. The van der Waals surface area contributed by atoms with E-state index in [1.54, 1.807) is 40.4 Å². The minimum absolute atomic E-state index is 0.170. The van der Waals surface area contributed by atoms with Crippen molar-refractivity contribution in [1.82, 2.24) is 0 Å². The molecule has 2 aromatic carbocycles. The SMILES string of the molecule is COc1ccc(N/N=C(\C)C(=O)O[C@@H](CCCC[C@H](OC)[C@@H](/C=C/[C@H](C)[C@@H]2OC(=O)[C@H](OC)[C@@H](O)[C@@H]2C)OC)c2ccccc2)cc1. The maximum Gasteiger partial charge on any atom is 0.354 e. The Kier molecular flexibility index (Phi) is 15.4. The lowest BCUT2D eigenvalue weighted by Crippen LogP contribution is -2.53. The van der Waals surface area contributed by atoms with Gasteiger partial charge in [0, 0.05) is 33.2 Å². The van der Waals surface area contributed by atoms with Gasteiger partial charge >= 0.3 is 11.9 Å². The van der Waals surface area contributed by atoms with E-state index in [1.165, 1.54) is 7.11 Å². The van der Waals surface area contributed by atoms with E-state index < -0.39 is 36.4 Å². The van der Waals surface area contributed by atoms with Gasteiger partial charge in [0.05, 0.1) is 25.0 Å². The Morgan fingerprint density at radius 1 is 1.00 bits per heavy atom. The van der Waals surface area contributed by atoms with E-state index in [-0.39, 0.29) is 29.8 Å². The predicted molar refractivity (Wildman–Crippen MR) is 179 cm³/mol. The number of nitrogens with one attached hydrogen (secondary N) is 1. The molecule has 0 unspecified atom stereocenters. The van der Waals surface area contributed by atoms with Crippen LogP contribution < -0.4 is 10.2 Å². The fourth-order valence-corrected chi connectivity index (χ4v) is 5.62. The number of hydrogen-bond acceptors (Lipinski definition) is 11. The predicted octanol–water partition coefficient (Wildman–Crippen LogP) is 5.49. The minimum atomic E-state index is -0.980. The van der Waals surface area contributed by atoms with Crippen molar-refractivity contribution in [3.8, 4) is 5.75 Å². The van der Waals surface area contributed by atoms with Gasteiger partial charge in [0.25, 0.3) is 0 Å². The lowest BCUT2D eigenvalue weighted by molar-refractivity contribution is -0.196. The smallest absolute Gasteiger partial charge is 0.354 e. The summed E-state index contributed by atoms with van der Waals surface area (Å²) < 4.78 is 33.4. The van der Waals surface area contributed by atoms with Crippen LogP contribution in [0.15, 0.2) is 71.9 Å². The van der Waals surface area contributed by atoms with Crippen LogP contribution in [0.2, 0.25) is 0 Å². The highest BCUT2D eigenvalue weighted by molar-refractivity contribution is 6.35. The summed E-state index contributed by atoms with van der Waals surface area (Å²) in [5.41, 5.74) is 4.72. The Balaban J connectivity index is 1.56. The first-order valence-electron chi connectivity index (χ1n) is 16.0. The Bertz CT molecular complexity index is 1300. The molecule has 2 aromatic rings. The van der Waals surface area contributed by atoms with Gasteiger partial charge in [-0.25, -0.2) is 9.59 Å². The van der Waals surface area contributed by atoms with E-state index >= 15 is 0 Å². The van der Waals surface area contributed by atoms with Gasteiger partial charge in [0.2, 0.25) is 0 Å². The number of aliphatic hydroxyl groups excluding tert-OH is 1. The maximum atomic E-state index is 13.0. The third-order valence-corrected chi connectivity index (χ3v) is 8.53. The van der Waals surface area contributed by atoms with Crippen LogP contribution in [0.4, 0.5) is 5.69 Å². The number of carbonyl (C=O) groups is 2. The molecular weight excluding hydrogens is 604 g/mol. The lowest BCUT2D eigenvalue weighted by atomic mass is 9.84. The molecule has 0 aromatic heterocycles. The van der Waals surface area contributed by atoms with E-state index in [1.807, 2.05) is 68.5 Å². The average Bonchev–Trinajstić information content (AvgIpc) is 3.09. The van der Waals surface area contributed by atoms with Crippen LogP contribution in [0.5, 0.6) is 5.75 Å². The highest BCUT2D eigenvalue weighted by atomic mass is 16.6. The Hall–Kier alpha value is -3.77. The molecule has 47 heavy (non-hydrogen) atoms. The number of anilines is 1. The first-order chi connectivity index (χ1) is 22.6. The Morgan fingerprint density at radius 3 is 2.30 bits per heavy atom. The zero-order valence-corrected chi connectivity index (χ0v) is 28.5. The van der Waals surface area contributed by atoms with Gasteiger partial charge in [-0.1, -0.05) is 62.8 Å². The second-order valence-electron chi connectivity index (χ2n) is 11.8. The molecule has 258 valence electrons. The number of cyclic esters (lactones) is 1. The first kappa shape index (κ1) is 37.7. The summed E-state index contributed by atoms with van der Waals surface area (Å²) in [7, 11) is 6.26. The summed E-state index contributed by atoms with van der Waals surface area (Å²) in [6.45, 7) is 5.39. The fourth-order valence-electron chi connectivity index (χ4n) is 5.62. The summed E-state index contributed by atoms with van der Waals surface area (Å²) in [5, 5.41) is 14.7. The van der Waals surface area contributed by atoms with Gasteiger partial charge in [-0.15, -0.1) is 0 Å². The third-order valence-electron chi connectivity index (χ3n) is 8.53. The number of unbranched alkanes of at least 4 members (excludes halogenated alkanes) is 1. The topological polar surface area (TPSA) is 134 Å². The van der Waals surface area contributed by atoms with E-state index in [0.717, 1.165) is 29.8 Å². The van der Waals surface area contributed by atoms with Crippen LogP contribution in [-0.2, 0) is 33.3 Å². The van der Waals surface area contributed by atoms with E-state index in [9.17, 15) is 14.7 Å². The molecular formula is C36H50N2O9. The molecule has 1 fully saturated rings. The van der Waals surface area contributed by atoms with Crippen molar-refractivity contribution in [2.75, 3.05) is 33.9 Å². The molecule has 0 aliphatic carbocycles. The quantitative estimate of drug-likeness (QED) is 0.0699. The molecule has 8 atom stereocenters. The molecule has 1 saturated heterocycles. The van der Waals surface area contributed by atoms with E-state index in [2.05, 4.69) is 10.5 Å². The average molecular weight is 655 g/mol. The zero-order valence-electron chi connectivity index (χ0n) is 28.5. The first-order valence-corrected chi connectivity index (χ1v) is 16.0. The van der Waals surface area contributed by atoms with E-state index in [4.69, 9.17) is 28.4 Å². The van der Waals surface area contributed by atoms with Crippen molar-refractivity contribution < 1.29 is 43.1 Å². The van der Waals surface area contributed by atoms with Gasteiger partial charge in [-0.3, -0.25) is 5.43 Å². The van der Waals surface area contributed by atoms with E-state index in [0.29, 0.717) is 12.8 Å². The number of rotatable bonds is 18. The lowest BCUT2D eigenvalue weighted by Gasteiger charge is -2.39. The molecule has 0 saturated carbocycles. The summed E-state index contributed by atoms with van der Waals surface area (Å²) in [5.74, 6) is -0.813. The number of aliphatic hydroxyl groups is 1. The van der Waals surface area contributed by atoms with Crippen LogP contribution in [0.3, 0.4) is 0 Å². The molecule has 2 N–H and O–H groups in total. The standard InChI is InChI=1S/C36H50N2O9/c1-23(33-24(2)32(39)34(45-7)36(41)47-33)17-22-31(44-6)30(43-5)16-12-11-15-29(26-13-9-8-10-14-26)46-35(40)25(3)37-38-27-18-20-28(42-4)21-19-27/h8-10,13-14,17-24,29-34,38-39H,11-12,15-16H2,1-7H3/b22-17+,37-25+/t23-,24-,29-,30-,31+,32-,33-,34+/m0/s1. The molecule has 0 amide bonds. The molecule has 1 aliphatic rings. The molecule has 1 heterocycles. The van der Waals surface area contributed by atoms with Gasteiger partial charge in [-0.2, -0.15) is 5.10 Å². The number of benzene rings is 2. The number of hydrazone groups is 1. The highest BCUT2D eigenvalue weighted by Gasteiger charge is 2.44. The molecule has 0 spiro atoms. The Labute approximate surface area is 278 Å². The van der Waals surface area contributed by atoms with Crippen LogP contribution >= 0.6 is 0 Å². The molecule has 11 heteroatoms. The van der Waals surface area contributed by atoms with Gasteiger partial charge in [0.15, 0.2) is 6.10 Å². The molecule has 0 radical (unpaired) electrons. The number of hydrogen-bond donors (Lipinski definition) is 2. The second-order valence-corrected chi connectivity index (χ2v) is 11.8. The summed E-state index contributed by atoms with van der Waals surface area (Å²) in [6, 6.07) is 16.9. The van der Waals surface area contributed by atoms with Gasteiger partial charge in [0.1, 0.15) is 29.8 Å². The molecule has 3 rings (SSSR count). The number of methoxy groups -OCH3 is 4. The molecule has 1 aliphatic heterocycles. The van der Waals surface area contributed by atoms with Crippen LogP contribution in [0, 0.1) is 11.8 Å².